The molecule has 1 heterocycles. The number of ether oxygens (including phenoxy) is 1. The second-order valence-electron chi connectivity index (χ2n) is 10.4. The van der Waals surface area contributed by atoms with E-state index in [0.29, 0.717) is 24.5 Å². The van der Waals surface area contributed by atoms with Crippen LogP contribution in [0.1, 0.15) is 37.5 Å². The van der Waals surface area contributed by atoms with Crippen molar-refractivity contribution in [1.82, 2.24) is 4.90 Å². The van der Waals surface area contributed by atoms with Crippen molar-refractivity contribution in [2.24, 2.45) is 0 Å². The highest BCUT2D eigenvalue weighted by Crippen LogP contribution is 2.36. The number of carbonyl (C=O) groups is 1. The Balaban J connectivity index is 1.48. The molecule has 0 bridgehead atoms. The molecule has 37 heavy (non-hydrogen) atoms. The van der Waals surface area contributed by atoms with Crippen LogP contribution in [0.3, 0.4) is 0 Å². The van der Waals surface area contributed by atoms with Gasteiger partial charge in [-0.05, 0) is 58.5 Å². The monoisotopic (exact) mass is 522 g/mol. The molecule has 0 spiro atoms. The number of hydrogen-bond donors (Lipinski definition) is 2. The molecular formula is C28H34N4O4S. The highest BCUT2D eigenvalue weighted by molar-refractivity contribution is 7.92. The van der Waals surface area contributed by atoms with Gasteiger partial charge in [-0.2, -0.15) is 0 Å². The summed E-state index contributed by atoms with van der Waals surface area (Å²) in [6.07, 6.45) is 0. The van der Waals surface area contributed by atoms with E-state index in [1.54, 1.807) is 35.2 Å². The fraction of sp³-hybridized carbons (Fsp3) is 0.321. The maximum atomic E-state index is 13.2. The second-order valence-corrected chi connectivity index (χ2v) is 12.1. The zero-order valence-electron chi connectivity index (χ0n) is 22.1. The molecule has 0 aromatic heterocycles. The third kappa shape index (κ3) is 5.67. The zero-order chi connectivity index (χ0) is 27.0. The fourth-order valence-corrected chi connectivity index (χ4v) is 5.43. The standard InChI is InChI=1S/C28H34N4O4S/c1-28(2,3)21-11-13-22(14-12-21)29-27(33)32-17-19-10-15-23(16-20(19)18-32)37(34,35)30-24-8-7-9-25(31(4)5)26(24)36-6/h7-16,30H,17-18H2,1-6H3,(H,29,33). The van der Waals surface area contributed by atoms with Crippen LogP contribution in [-0.2, 0) is 28.5 Å². The summed E-state index contributed by atoms with van der Waals surface area (Å²) < 4.78 is 34.6. The number of nitrogens with zero attached hydrogens (tertiary/aromatic N) is 2. The van der Waals surface area contributed by atoms with Gasteiger partial charge in [0.1, 0.15) is 0 Å². The van der Waals surface area contributed by atoms with Gasteiger partial charge in [0.25, 0.3) is 10.0 Å². The Morgan fingerprint density at radius 2 is 1.65 bits per heavy atom. The Morgan fingerprint density at radius 1 is 0.973 bits per heavy atom. The van der Waals surface area contributed by atoms with E-state index in [9.17, 15) is 13.2 Å². The lowest BCUT2D eigenvalue weighted by Crippen LogP contribution is -2.30. The molecular weight excluding hydrogens is 488 g/mol. The summed E-state index contributed by atoms with van der Waals surface area (Å²) in [7, 11) is 1.35. The third-order valence-corrected chi connectivity index (χ3v) is 7.79. The highest BCUT2D eigenvalue weighted by Gasteiger charge is 2.26. The molecule has 0 atom stereocenters. The average Bonchev–Trinajstić information content (AvgIpc) is 3.27. The lowest BCUT2D eigenvalue weighted by atomic mass is 9.87. The summed E-state index contributed by atoms with van der Waals surface area (Å²) in [5, 5.41) is 2.94. The number of amides is 2. The molecule has 9 heteroatoms. The first-order valence-corrected chi connectivity index (χ1v) is 13.5. The summed E-state index contributed by atoms with van der Waals surface area (Å²) in [5.41, 5.74) is 4.77. The minimum Gasteiger partial charge on any atom is -0.492 e. The molecule has 8 nitrogen and oxygen atoms in total. The van der Waals surface area contributed by atoms with Crippen molar-refractivity contribution in [3.8, 4) is 5.75 Å². The predicted octanol–water partition coefficient (Wildman–Crippen LogP) is 5.41. The molecule has 0 saturated heterocycles. The normalized spacial score (nSPS) is 13.2. The van der Waals surface area contributed by atoms with Gasteiger partial charge < -0.3 is 19.9 Å². The summed E-state index contributed by atoms with van der Waals surface area (Å²) in [5.74, 6) is 0.440. The molecule has 0 aliphatic carbocycles. The van der Waals surface area contributed by atoms with Crippen LogP contribution in [0.4, 0.5) is 21.9 Å². The van der Waals surface area contributed by atoms with Crippen LogP contribution >= 0.6 is 0 Å². The van der Waals surface area contributed by atoms with Crippen LogP contribution in [-0.4, -0.2) is 40.6 Å². The van der Waals surface area contributed by atoms with Crippen molar-refractivity contribution in [3.05, 3.63) is 77.4 Å². The lowest BCUT2D eigenvalue weighted by molar-refractivity contribution is 0.212. The molecule has 1 aliphatic rings. The smallest absolute Gasteiger partial charge is 0.322 e. The number of fused-ring (bicyclic) bond motifs is 1. The number of benzene rings is 3. The van der Waals surface area contributed by atoms with Gasteiger partial charge in [0.2, 0.25) is 0 Å². The Kier molecular flexibility index (Phi) is 7.10. The van der Waals surface area contributed by atoms with E-state index in [1.807, 2.05) is 49.3 Å². The molecule has 1 aliphatic heterocycles. The van der Waals surface area contributed by atoms with Gasteiger partial charge in [-0.15, -0.1) is 0 Å². The summed E-state index contributed by atoms with van der Waals surface area (Å²) in [6, 6.07) is 17.9. The number of nitrogens with one attached hydrogen (secondary N) is 2. The highest BCUT2D eigenvalue weighted by atomic mass is 32.2. The van der Waals surface area contributed by atoms with Gasteiger partial charge in [-0.3, -0.25) is 4.72 Å². The minimum atomic E-state index is -3.88. The SMILES string of the molecule is COc1c(NS(=O)(=O)c2ccc3c(c2)CN(C(=O)Nc2ccc(C(C)(C)C)cc2)C3)cccc1N(C)C. The topological polar surface area (TPSA) is 91.0 Å². The van der Waals surface area contributed by atoms with Gasteiger partial charge in [-0.1, -0.05) is 45.0 Å². The second kappa shape index (κ2) is 9.97. The largest absolute Gasteiger partial charge is 0.492 e. The maximum absolute atomic E-state index is 13.2. The van der Waals surface area contributed by atoms with Gasteiger partial charge in [0, 0.05) is 32.9 Å². The zero-order valence-corrected chi connectivity index (χ0v) is 22.9. The van der Waals surface area contributed by atoms with E-state index in [0.717, 1.165) is 22.5 Å². The first-order chi connectivity index (χ1) is 17.4. The van der Waals surface area contributed by atoms with E-state index in [4.69, 9.17) is 4.74 Å². The molecule has 0 unspecified atom stereocenters. The number of sulfonamides is 1. The molecule has 3 aromatic carbocycles. The van der Waals surface area contributed by atoms with Gasteiger partial charge in [0.15, 0.2) is 5.75 Å². The van der Waals surface area contributed by atoms with E-state index < -0.39 is 10.0 Å². The van der Waals surface area contributed by atoms with Crippen LogP contribution < -0.4 is 19.7 Å². The predicted molar refractivity (Wildman–Crippen MR) is 148 cm³/mol. The Bertz CT molecular complexity index is 1410. The van der Waals surface area contributed by atoms with Crippen LogP contribution in [0.2, 0.25) is 0 Å². The number of urea groups is 1. The quantitative estimate of drug-likeness (QED) is 0.452. The Labute approximate surface area is 219 Å². The van der Waals surface area contributed by atoms with Gasteiger partial charge in [0.05, 0.1) is 23.4 Å². The Morgan fingerprint density at radius 3 is 2.27 bits per heavy atom. The van der Waals surface area contributed by atoms with Crippen molar-refractivity contribution in [2.45, 2.75) is 44.2 Å². The Hall–Kier alpha value is -3.72. The van der Waals surface area contributed by atoms with Crippen LogP contribution in [0.5, 0.6) is 5.75 Å². The van der Waals surface area contributed by atoms with E-state index in [2.05, 4.69) is 30.8 Å². The van der Waals surface area contributed by atoms with E-state index >= 15 is 0 Å². The average molecular weight is 523 g/mol. The van der Waals surface area contributed by atoms with Crippen molar-refractivity contribution >= 4 is 33.1 Å². The first-order valence-electron chi connectivity index (χ1n) is 12.0. The number of carbonyl (C=O) groups excluding carboxylic acids is 1. The number of rotatable bonds is 6. The number of methoxy groups -OCH3 is 1. The molecule has 196 valence electrons. The molecule has 0 radical (unpaired) electrons. The molecule has 0 saturated carbocycles. The number of hydrogen-bond acceptors (Lipinski definition) is 5. The van der Waals surface area contributed by atoms with Crippen molar-refractivity contribution in [1.29, 1.82) is 0 Å². The third-order valence-electron chi connectivity index (χ3n) is 6.42. The maximum Gasteiger partial charge on any atom is 0.322 e. The first kappa shape index (κ1) is 26.3. The summed E-state index contributed by atoms with van der Waals surface area (Å²) in [4.78, 5) is 16.6. The molecule has 2 N–H and O–H groups in total. The summed E-state index contributed by atoms with van der Waals surface area (Å²) in [6.45, 7) is 7.16. The molecule has 4 rings (SSSR count). The lowest BCUT2D eigenvalue weighted by Gasteiger charge is -2.20. The van der Waals surface area contributed by atoms with Crippen LogP contribution in [0, 0.1) is 0 Å². The van der Waals surface area contributed by atoms with E-state index in [1.165, 1.54) is 12.7 Å². The van der Waals surface area contributed by atoms with Gasteiger partial charge >= 0.3 is 6.03 Å². The van der Waals surface area contributed by atoms with E-state index in [-0.39, 0.29) is 16.3 Å². The molecule has 3 aromatic rings. The van der Waals surface area contributed by atoms with Crippen molar-refractivity contribution in [2.75, 3.05) is 36.1 Å². The molecule has 0 fully saturated rings. The minimum absolute atomic E-state index is 0.0340. The number of para-hydroxylation sites is 1. The van der Waals surface area contributed by atoms with Crippen LogP contribution in [0.25, 0.3) is 0 Å². The fourth-order valence-electron chi connectivity index (χ4n) is 4.31. The summed E-state index contributed by atoms with van der Waals surface area (Å²) >= 11 is 0. The van der Waals surface area contributed by atoms with Crippen LogP contribution in [0.15, 0.2) is 65.6 Å². The molecule has 2 amide bonds. The van der Waals surface area contributed by atoms with Gasteiger partial charge in [-0.25, -0.2) is 13.2 Å². The van der Waals surface area contributed by atoms with Crippen molar-refractivity contribution < 1.29 is 17.9 Å². The van der Waals surface area contributed by atoms with Crippen molar-refractivity contribution in [3.63, 3.8) is 0 Å². The number of anilines is 3.